The van der Waals surface area contributed by atoms with Crippen molar-refractivity contribution in [3.05, 3.63) is 60.4 Å². The lowest BCUT2D eigenvalue weighted by Gasteiger charge is -2.30. The minimum Gasteiger partial charge on any atom is -0.464 e. The van der Waals surface area contributed by atoms with Gasteiger partial charge in [-0.05, 0) is 32.0 Å². The van der Waals surface area contributed by atoms with Gasteiger partial charge in [0.05, 0.1) is 12.3 Å². The minimum atomic E-state index is -1.44. The molecule has 0 unspecified atom stereocenters. The summed E-state index contributed by atoms with van der Waals surface area (Å²) in [6, 6.07) is 12.2. The lowest BCUT2D eigenvalue weighted by molar-refractivity contribution is -0.152. The van der Waals surface area contributed by atoms with Gasteiger partial charge in [-0.15, -0.1) is 0 Å². The molecule has 1 aliphatic rings. The van der Waals surface area contributed by atoms with Crippen LogP contribution in [0.5, 0.6) is 0 Å². The number of carbonyl (C=O) groups is 3. The number of para-hydroxylation sites is 1. The number of nitrogens with zero attached hydrogens (tertiary/aromatic N) is 3. The van der Waals surface area contributed by atoms with Crippen molar-refractivity contribution in [2.75, 3.05) is 11.6 Å². The topological polar surface area (TPSA) is 101 Å². The maximum atomic E-state index is 13.0. The third kappa shape index (κ3) is 4.31. The Labute approximate surface area is 168 Å². The summed E-state index contributed by atoms with van der Waals surface area (Å²) < 4.78 is 5.17. The van der Waals surface area contributed by atoms with Crippen LogP contribution in [-0.4, -0.2) is 35.1 Å². The largest absolute Gasteiger partial charge is 0.464 e. The number of pyridine rings is 1. The van der Waals surface area contributed by atoms with E-state index in [-0.39, 0.29) is 31.1 Å². The Kier molecular flexibility index (Phi) is 6.01. The van der Waals surface area contributed by atoms with Crippen LogP contribution < -0.4 is 10.3 Å². The van der Waals surface area contributed by atoms with Crippen molar-refractivity contribution in [3.63, 3.8) is 0 Å². The SMILES string of the molecule is CCOC(=O)[C@@](C)(NC(=O)C1=NN(c2ccccc2)C(=O)CC1)c1cccnc1. The third-order valence-corrected chi connectivity index (χ3v) is 4.58. The van der Waals surface area contributed by atoms with Crippen LogP contribution in [0.3, 0.4) is 0 Å². The number of carbonyl (C=O) groups excluding carboxylic acids is 3. The molecule has 0 saturated heterocycles. The summed E-state index contributed by atoms with van der Waals surface area (Å²) in [6.07, 6.45) is 3.40. The first-order chi connectivity index (χ1) is 14.0. The average Bonchev–Trinajstić information content (AvgIpc) is 2.75. The predicted molar refractivity (Wildman–Crippen MR) is 107 cm³/mol. The highest BCUT2D eigenvalue weighted by atomic mass is 16.5. The van der Waals surface area contributed by atoms with Crippen LogP contribution >= 0.6 is 0 Å². The average molecular weight is 394 g/mol. The molecule has 3 rings (SSSR count). The maximum absolute atomic E-state index is 13.0. The van der Waals surface area contributed by atoms with Crippen molar-refractivity contribution in [1.82, 2.24) is 10.3 Å². The summed E-state index contributed by atoms with van der Waals surface area (Å²) >= 11 is 0. The molecule has 0 fully saturated rings. The molecule has 1 aliphatic heterocycles. The van der Waals surface area contributed by atoms with E-state index in [1.165, 1.54) is 11.2 Å². The lowest BCUT2D eigenvalue weighted by Crippen LogP contribution is -2.53. The number of amides is 2. The van der Waals surface area contributed by atoms with Crippen LogP contribution in [-0.2, 0) is 24.7 Å². The van der Waals surface area contributed by atoms with Gasteiger partial charge in [0.1, 0.15) is 5.71 Å². The molecule has 2 heterocycles. The highest BCUT2D eigenvalue weighted by Gasteiger charge is 2.40. The predicted octanol–water partition coefficient (Wildman–Crippen LogP) is 2.16. The molecule has 8 nitrogen and oxygen atoms in total. The van der Waals surface area contributed by atoms with E-state index in [2.05, 4.69) is 15.4 Å². The first-order valence-electron chi connectivity index (χ1n) is 9.31. The van der Waals surface area contributed by atoms with E-state index in [0.29, 0.717) is 11.3 Å². The summed E-state index contributed by atoms with van der Waals surface area (Å²) in [4.78, 5) is 41.9. The van der Waals surface area contributed by atoms with E-state index < -0.39 is 17.4 Å². The van der Waals surface area contributed by atoms with Crippen molar-refractivity contribution in [2.24, 2.45) is 5.10 Å². The molecule has 0 saturated carbocycles. The van der Waals surface area contributed by atoms with Crippen LogP contribution in [0.25, 0.3) is 0 Å². The van der Waals surface area contributed by atoms with Crippen LogP contribution in [0.1, 0.15) is 32.3 Å². The van der Waals surface area contributed by atoms with Crippen molar-refractivity contribution in [1.29, 1.82) is 0 Å². The van der Waals surface area contributed by atoms with Crippen LogP contribution in [0.15, 0.2) is 60.0 Å². The summed E-state index contributed by atoms with van der Waals surface area (Å²) in [6.45, 7) is 3.42. The van der Waals surface area contributed by atoms with E-state index in [9.17, 15) is 14.4 Å². The van der Waals surface area contributed by atoms with Crippen LogP contribution in [0, 0.1) is 0 Å². The standard InChI is InChI=1S/C21H22N4O4/c1-3-29-20(28)21(2,15-8-7-13-22-14-15)23-19(27)17-11-12-18(26)25(24-17)16-9-5-4-6-10-16/h4-10,13-14H,3,11-12H2,1-2H3,(H,23,27)/t21-/m0/s1. The van der Waals surface area contributed by atoms with Crippen molar-refractivity contribution in [2.45, 2.75) is 32.2 Å². The molecule has 1 N–H and O–H groups in total. The normalized spacial score (nSPS) is 15.9. The summed E-state index contributed by atoms with van der Waals surface area (Å²) in [5.41, 5.74) is -0.224. The molecule has 2 amide bonds. The fraction of sp³-hybridized carbons (Fsp3) is 0.286. The van der Waals surface area contributed by atoms with E-state index >= 15 is 0 Å². The number of ether oxygens (including phenoxy) is 1. The van der Waals surface area contributed by atoms with Gasteiger partial charge in [-0.1, -0.05) is 24.3 Å². The number of hydrogen-bond donors (Lipinski definition) is 1. The second kappa shape index (κ2) is 8.64. The Morgan fingerprint density at radius 3 is 2.59 bits per heavy atom. The van der Waals surface area contributed by atoms with E-state index in [4.69, 9.17) is 4.74 Å². The Bertz CT molecular complexity index is 930. The molecule has 0 radical (unpaired) electrons. The quantitative estimate of drug-likeness (QED) is 0.757. The fourth-order valence-electron chi connectivity index (χ4n) is 2.96. The molecule has 1 aromatic carbocycles. The maximum Gasteiger partial charge on any atom is 0.336 e. The molecular weight excluding hydrogens is 372 g/mol. The van der Waals surface area contributed by atoms with Gasteiger partial charge >= 0.3 is 5.97 Å². The molecule has 8 heteroatoms. The second-order valence-electron chi connectivity index (χ2n) is 6.63. The number of hydrazone groups is 1. The summed E-state index contributed by atoms with van der Waals surface area (Å²) in [5, 5.41) is 8.18. The zero-order valence-corrected chi connectivity index (χ0v) is 16.3. The molecule has 29 heavy (non-hydrogen) atoms. The number of aromatic nitrogens is 1. The van der Waals surface area contributed by atoms with Gasteiger partial charge in [0.15, 0.2) is 5.54 Å². The number of anilines is 1. The fourth-order valence-corrected chi connectivity index (χ4v) is 2.96. The molecular formula is C21H22N4O4. The van der Waals surface area contributed by atoms with Crippen LogP contribution in [0.4, 0.5) is 5.69 Å². The summed E-state index contributed by atoms with van der Waals surface area (Å²) in [7, 11) is 0. The highest BCUT2D eigenvalue weighted by molar-refractivity contribution is 6.40. The smallest absolute Gasteiger partial charge is 0.336 e. The zero-order chi connectivity index (χ0) is 20.9. The Morgan fingerprint density at radius 2 is 1.93 bits per heavy atom. The zero-order valence-electron chi connectivity index (χ0n) is 16.3. The van der Waals surface area contributed by atoms with E-state index in [0.717, 1.165) is 0 Å². The first kappa shape index (κ1) is 20.2. The first-order valence-corrected chi connectivity index (χ1v) is 9.31. The van der Waals surface area contributed by atoms with Crippen molar-refractivity contribution in [3.8, 4) is 0 Å². The molecule has 0 spiro atoms. The van der Waals surface area contributed by atoms with Gasteiger partial charge in [0.25, 0.3) is 5.91 Å². The summed E-state index contributed by atoms with van der Waals surface area (Å²) in [5.74, 6) is -1.35. The molecule has 1 aromatic heterocycles. The number of hydrogen-bond acceptors (Lipinski definition) is 6. The lowest BCUT2D eigenvalue weighted by atomic mass is 9.93. The van der Waals surface area contributed by atoms with Crippen LogP contribution in [0.2, 0.25) is 0 Å². The van der Waals surface area contributed by atoms with Gasteiger partial charge in [-0.25, -0.2) is 9.80 Å². The number of nitrogens with one attached hydrogen (secondary N) is 1. The third-order valence-electron chi connectivity index (χ3n) is 4.58. The van der Waals surface area contributed by atoms with Crippen molar-refractivity contribution >= 4 is 29.2 Å². The van der Waals surface area contributed by atoms with Gasteiger partial charge in [-0.2, -0.15) is 5.10 Å². The molecule has 0 aliphatic carbocycles. The second-order valence-corrected chi connectivity index (χ2v) is 6.63. The number of rotatable bonds is 6. The van der Waals surface area contributed by atoms with E-state index in [1.54, 1.807) is 56.4 Å². The van der Waals surface area contributed by atoms with Gasteiger partial charge in [0.2, 0.25) is 5.91 Å². The molecule has 1 atom stereocenters. The Balaban J connectivity index is 1.89. The number of benzene rings is 1. The minimum absolute atomic E-state index is 0.143. The Hall–Kier alpha value is -3.55. The molecule has 0 bridgehead atoms. The molecule has 150 valence electrons. The molecule has 2 aromatic rings. The number of esters is 1. The monoisotopic (exact) mass is 394 g/mol. The van der Waals surface area contributed by atoms with Gasteiger partial charge < -0.3 is 10.1 Å². The van der Waals surface area contributed by atoms with Crippen molar-refractivity contribution < 1.29 is 19.1 Å². The van der Waals surface area contributed by atoms with Gasteiger partial charge in [0, 0.05) is 30.8 Å². The highest BCUT2D eigenvalue weighted by Crippen LogP contribution is 2.24. The van der Waals surface area contributed by atoms with Gasteiger partial charge in [-0.3, -0.25) is 14.6 Å². The van der Waals surface area contributed by atoms with E-state index in [1.807, 2.05) is 6.07 Å². The Morgan fingerprint density at radius 1 is 1.17 bits per heavy atom.